The summed E-state index contributed by atoms with van der Waals surface area (Å²) in [6, 6.07) is 2.05. The fraction of sp³-hybridized carbons (Fsp3) is 0.467. The van der Waals surface area contributed by atoms with E-state index in [1.54, 1.807) is 0 Å². The van der Waals surface area contributed by atoms with E-state index in [0.29, 0.717) is 6.42 Å². The Hall–Kier alpha value is -2.71. The summed E-state index contributed by atoms with van der Waals surface area (Å²) >= 11 is 0. The van der Waals surface area contributed by atoms with Gasteiger partial charge >= 0.3 is 0 Å². The summed E-state index contributed by atoms with van der Waals surface area (Å²) in [5.41, 5.74) is -0.190. The minimum absolute atomic E-state index is 0.105. The van der Waals surface area contributed by atoms with Crippen LogP contribution in [0.1, 0.15) is 43.0 Å². The number of ketones is 1. The van der Waals surface area contributed by atoms with Gasteiger partial charge in [0.15, 0.2) is 12.1 Å². The minimum atomic E-state index is -0.868. The number of hydrogen-bond donors (Lipinski definition) is 1. The van der Waals surface area contributed by atoms with Crippen molar-refractivity contribution in [2.24, 2.45) is 0 Å². The highest BCUT2D eigenvalue weighted by atomic mass is 19.1. The molecule has 0 aromatic carbocycles. The van der Waals surface area contributed by atoms with E-state index in [0.717, 1.165) is 24.1 Å². The van der Waals surface area contributed by atoms with Crippen LogP contribution in [0.4, 0.5) is 4.39 Å². The van der Waals surface area contributed by atoms with Gasteiger partial charge in [-0.05, 0) is 23.8 Å². The van der Waals surface area contributed by atoms with E-state index >= 15 is 0 Å². The van der Waals surface area contributed by atoms with Crippen LogP contribution in [-0.4, -0.2) is 42.9 Å². The van der Waals surface area contributed by atoms with E-state index in [-0.39, 0.29) is 17.9 Å². The molecule has 2 aromatic heterocycles. The quantitative estimate of drug-likeness (QED) is 0.545. The van der Waals surface area contributed by atoms with Gasteiger partial charge in [-0.3, -0.25) is 9.59 Å². The lowest BCUT2D eigenvalue weighted by Gasteiger charge is -2.17. The number of pyridine rings is 1. The lowest BCUT2D eigenvalue weighted by Crippen LogP contribution is -2.43. The molecule has 0 radical (unpaired) electrons. The molecule has 0 fully saturated rings. The van der Waals surface area contributed by atoms with Crippen LogP contribution in [-0.2, 0) is 11.3 Å². The second-order valence-corrected chi connectivity index (χ2v) is 5.30. The second kappa shape index (κ2) is 8.80. The van der Waals surface area contributed by atoms with Crippen molar-refractivity contribution in [2.45, 2.75) is 45.2 Å². The molecule has 0 unspecified atom stereocenters. The van der Waals surface area contributed by atoms with Gasteiger partial charge in [-0.1, -0.05) is 26.2 Å². The number of amides is 1. The number of unbranched alkanes of at least 4 members (excludes halogenated alkanes) is 2. The number of halogens is 1. The van der Waals surface area contributed by atoms with Crippen LogP contribution >= 0.6 is 0 Å². The van der Waals surface area contributed by atoms with Crippen molar-refractivity contribution in [2.75, 3.05) is 0 Å². The first-order valence-corrected chi connectivity index (χ1v) is 7.76. The van der Waals surface area contributed by atoms with Gasteiger partial charge in [0.25, 0.3) is 5.91 Å². The summed E-state index contributed by atoms with van der Waals surface area (Å²) in [6.45, 7) is 1.94. The van der Waals surface area contributed by atoms with Crippen molar-refractivity contribution in [3.05, 3.63) is 36.2 Å². The summed E-state index contributed by atoms with van der Waals surface area (Å²) < 4.78 is 13.6. The zero-order chi connectivity index (χ0) is 17.4. The number of rotatable bonds is 9. The predicted molar refractivity (Wildman–Crippen MR) is 82.4 cm³/mol. The van der Waals surface area contributed by atoms with Crippen molar-refractivity contribution in [1.82, 2.24) is 30.5 Å². The predicted octanol–water partition coefficient (Wildman–Crippen LogP) is 1.16. The maximum absolute atomic E-state index is 13.6. The number of aromatic nitrogens is 5. The van der Waals surface area contributed by atoms with Crippen molar-refractivity contribution in [3.63, 3.8) is 0 Å². The van der Waals surface area contributed by atoms with E-state index in [4.69, 9.17) is 0 Å². The van der Waals surface area contributed by atoms with Crippen LogP contribution in [0.2, 0.25) is 0 Å². The molecule has 9 heteroatoms. The maximum Gasteiger partial charge on any atom is 0.256 e. The van der Waals surface area contributed by atoms with Crippen LogP contribution in [0.25, 0.3) is 0 Å². The number of carbonyl (C=O) groups excluding carboxylic acids is 2. The Bertz CT molecular complexity index is 676. The van der Waals surface area contributed by atoms with E-state index in [9.17, 15) is 14.0 Å². The molecule has 0 aliphatic rings. The number of Topliss-reactive ketones (excluding diaryl/α,β-unsaturated/α-hetero) is 1. The SMILES string of the molecule is CCCCC[C@H](NC(=O)c1cccnc1F)C(=O)Cn1ncnn1. The molecule has 2 rings (SSSR count). The molecule has 0 bridgehead atoms. The zero-order valence-electron chi connectivity index (χ0n) is 13.4. The summed E-state index contributed by atoms with van der Waals surface area (Å²) in [6.07, 6.45) is 5.64. The van der Waals surface area contributed by atoms with Gasteiger partial charge in [-0.15, -0.1) is 10.2 Å². The molecule has 128 valence electrons. The maximum atomic E-state index is 13.6. The molecule has 1 N–H and O–H groups in total. The van der Waals surface area contributed by atoms with Gasteiger partial charge in [0.1, 0.15) is 6.54 Å². The minimum Gasteiger partial charge on any atom is -0.342 e. The van der Waals surface area contributed by atoms with Crippen LogP contribution < -0.4 is 5.32 Å². The van der Waals surface area contributed by atoms with Gasteiger partial charge < -0.3 is 5.32 Å². The van der Waals surface area contributed by atoms with Crippen LogP contribution in [0.5, 0.6) is 0 Å². The fourth-order valence-electron chi connectivity index (χ4n) is 2.21. The molecule has 0 aliphatic carbocycles. The van der Waals surface area contributed by atoms with Crippen molar-refractivity contribution in [1.29, 1.82) is 0 Å². The van der Waals surface area contributed by atoms with E-state index in [1.807, 2.05) is 6.92 Å². The molecule has 8 nitrogen and oxygen atoms in total. The summed E-state index contributed by atoms with van der Waals surface area (Å²) in [7, 11) is 0. The number of tetrazole rings is 1. The normalized spacial score (nSPS) is 11.9. The van der Waals surface area contributed by atoms with Crippen molar-refractivity contribution < 1.29 is 14.0 Å². The molecular weight excluding hydrogens is 315 g/mol. The molecule has 1 atom stereocenters. The fourth-order valence-corrected chi connectivity index (χ4v) is 2.21. The molecule has 0 aliphatic heterocycles. The highest BCUT2D eigenvalue weighted by Crippen LogP contribution is 2.08. The Morgan fingerprint density at radius 3 is 2.88 bits per heavy atom. The second-order valence-electron chi connectivity index (χ2n) is 5.30. The van der Waals surface area contributed by atoms with E-state index < -0.39 is 17.9 Å². The smallest absolute Gasteiger partial charge is 0.256 e. The van der Waals surface area contributed by atoms with Gasteiger partial charge in [0.05, 0.1) is 11.6 Å². The topological polar surface area (TPSA) is 103 Å². The molecule has 2 heterocycles. The zero-order valence-corrected chi connectivity index (χ0v) is 13.4. The van der Waals surface area contributed by atoms with Crippen molar-refractivity contribution >= 4 is 11.7 Å². The molecule has 0 saturated carbocycles. The summed E-state index contributed by atoms with van der Waals surface area (Å²) in [5, 5.41) is 13.5. The molecular formula is C15H19FN6O2. The lowest BCUT2D eigenvalue weighted by atomic mass is 10.0. The number of carbonyl (C=O) groups is 2. The van der Waals surface area contributed by atoms with Crippen LogP contribution in [0.3, 0.4) is 0 Å². The average Bonchev–Trinajstić information content (AvgIpc) is 3.07. The van der Waals surface area contributed by atoms with E-state index in [2.05, 4.69) is 25.7 Å². The van der Waals surface area contributed by atoms with Gasteiger partial charge in [0.2, 0.25) is 5.95 Å². The Labute approximate surface area is 138 Å². The molecule has 0 spiro atoms. The third-order valence-corrected chi connectivity index (χ3v) is 3.48. The first-order valence-electron chi connectivity index (χ1n) is 7.76. The van der Waals surface area contributed by atoms with Crippen LogP contribution in [0.15, 0.2) is 24.7 Å². The van der Waals surface area contributed by atoms with Gasteiger partial charge in [-0.2, -0.15) is 9.19 Å². The monoisotopic (exact) mass is 334 g/mol. The number of hydrogen-bond acceptors (Lipinski definition) is 6. The average molecular weight is 334 g/mol. The van der Waals surface area contributed by atoms with E-state index in [1.165, 1.54) is 24.7 Å². The lowest BCUT2D eigenvalue weighted by molar-refractivity contribution is -0.122. The Kier molecular flexibility index (Phi) is 6.47. The highest BCUT2D eigenvalue weighted by molar-refractivity contribution is 5.97. The molecule has 24 heavy (non-hydrogen) atoms. The standard InChI is InChI=1S/C15H19FN6O2/c1-2-3-4-7-12(13(23)9-22-19-10-18-21-22)20-15(24)11-6-5-8-17-14(11)16/h5-6,8,10,12H,2-4,7,9H2,1H3,(H,20,24)/t12-/m0/s1. The number of nitrogens with zero attached hydrogens (tertiary/aromatic N) is 5. The highest BCUT2D eigenvalue weighted by Gasteiger charge is 2.23. The van der Waals surface area contributed by atoms with Crippen molar-refractivity contribution in [3.8, 4) is 0 Å². The third-order valence-electron chi connectivity index (χ3n) is 3.48. The van der Waals surface area contributed by atoms with Gasteiger partial charge in [-0.25, -0.2) is 4.98 Å². The molecule has 0 saturated heterocycles. The summed E-state index contributed by atoms with van der Waals surface area (Å²) in [5.74, 6) is -1.79. The first kappa shape index (κ1) is 17.6. The summed E-state index contributed by atoms with van der Waals surface area (Å²) in [4.78, 5) is 29.2. The number of nitrogens with one attached hydrogen (secondary N) is 1. The van der Waals surface area contributed by atoms with Crippen LogP contribution in [0, 0.1) is 5.95 Å². The Morgan fingerprint density at radius 2 is 2.21 bits per heavy atom. The Morgan fingerprint density at radius 1 is 1.38 bits per heavy atom. The van der Waals surface area contributed by atoms with Gasteiger partial charge in [0, 0.05) is 6.20 Å². The third kappa shape index (κ3) is 4.90. The molecule has 2 aromatic rings. The largest absolute Gasteiger partial charge is 0.342 e. The molecule has 1 amide bonds. The first-order chi connectivity index (χ1) is 11.6. The Balaban J connectivity index is 2.06.